The van der Waals surface area contributed by atoms with Crippen LogP contribution in [0.15, 0.2) is 0 Å². The van der Waals surface area contributed by atoms with Crippen molar-refractivity contribution in [2.75, 3.05) is 0 Å². The van der Waals surface area contributed by atoms with Crippen LogP contribution in [0.5, 0.6) is 0 Å². The van der Waals surface area contributed by atoms with Crippen molar-refractivity contribution in [3.05, 3.63) is 0 Å². The van der Waals surface area contributed by atoms with Crippen LogP contribution in [0.4, 0.5) is 0 Å². The maximum absolute atomic E-state index is 11.7. The van der Waals surface area contributed by atoms with Crippen molar-refractivity contribution >= 4 is 35.0 Å². The van der Waals surface area contributed by atoms with Crippen LogP contribution in [0.1, 0.15) is 58.8 Å². The lowest BCUT2D eigenvalue weighted by molar-refractivity contribution is -0.177. The normalized spacial score (nSPS) is 17.0. The van der Waals surface area contributed by atoms with E-state index in [1.165, 1.54) is 0 Å². The first-order valence-electron chi connectivity index (χ1n) is 6.98. The highest BCUT2D eigenvalue weighted by atomic mass is 24.3. The third-order valence-corrected chi connectivity index (χ3v) is 4.59. The van der Waals surface area contributed by atoms with Crippen LogP contribution in [-0.2, 0) is 9.59 Å². The van der Waals surface area contributed by atoms with Crippen molar-refractivity contribution in [2.24, 2.45) is 17.3 Å². The van der Waals surface area contributed by atoms with Crippen molar-refractivity contribution in [3.8, 4) is 0 Å². The molecule has 0 amide bonds. The molecule has 108 valence electrons. The molecule has 1 rings (SSSR count). The SMILES string of the molecule is CCC(CC)C(C(=O)O)(C(=O)O)C1CCCCC1.[MgH2]. The van der Waals surface area contributed by atoms with Gasteiger partial charge in [-0.1, -0.05) is 46.0 Å². The largest absolute Gasteiger partial charge is 0.480 e. The molecule has 0 aromatic carbocycles. The van der Waals surface area contributed by atoms with Gasteiger partial charge in [-0.15, -0.1) is 0 Å². The molecule has 0 heterocycles. The predicted octanol–water partition coefficient (Wildman–Crippen LogP) is 2.24. The number of hydrogen-bond donors (Lipinski definition) is 2. The lowest BCUT2D eigenvalue weighted by Crippen LogP contribution is -2.51. The van der Waals surface area contributed by atoms with Gasteiger partial charge < -0.3 is 10.2 Å². The molecule has 4 nitrogen and oxygen atoms in total. The van der Waals surface area contributed by atoms with E-state index < -0.39 is 17.4 Å². The Morgan fingerprint density at radius 1 is 1.05 bits per heavy atom. The van der Waals surface area contributed by atoms with Gasteiger partial charge in [-0.2, -0.15) is 0 Å². The lowest BCUT2D eigenvalue weighted by Gasteiger charge is -2.40. The molecule has 1 aliphatic rings. The molecule has 0 radical (unpaired) electrons. The molecular weight excluding hydrogens is 256 g/mol. The first-order chi connectivity index (χ1) is 8.51. The fourth-order valence-electron chi connectivity index (χ4n) is 3.61. The van der Waals surface area contributed by atoms with E-state index in [2.05, 4.69) is 0 Å². The molecule has 2 N–H and O–H groups in total. The molecule has 0 aromatic heterocycles. The topological polar surface area (TPSA) is 74.6 Å². The molecule has 0 aliphatic heterocycles. The summed E-state index contributed by atoms with van der Waals surface area (Å²) < 4.78 is 0. The fourth-order valence-corrected chi connectivity index (χ4v) is 3.61. The monoisotopic (exact) mass is 282 g/mol. The summed E-state index contributed by atoms with van der Waals surface area (Å²) in [4.78, 5) is 23.5. The maximum Gasteiger partial charge on any atom is 0.321 e. The van der Waals surface area contributed by atoms with Crippen LogP contribution in [0.3, 0.4) is 0 Å². The Balaban J connectivity index is 0.00000324. The summed E-state index contributed by atoms with van der Waals surface area (Å²) in [6, 6.07) is 0. The summed E-state index contributed by atoms with van der Waals surface area (Å²) in [6.07, 6.45) is 5.66. The molecule has 0 aromatic rings. The van der Waals surface area contributed by atoms with Gasteiger partial charge in [-0.25, -0.2) is 0 Å². The van der Waals surface area contributed by atoms with Crippen LogP contribution >= 0.6 is 0 Å². The molecule has 1 aliphatic carbocycles. The molecule has 0 atom stereocenters. The van der Waals surface area contributed by atoms with Gasteiger partial charge in [0.2, 0.25) is 0 Å². The van der Waals surface area contributed by atoms with Crippen LogP contribution < -0.4 is 0 Å². The Morgan fingerprint density at radius 3 is 1.79 bits per heavy atom. The number of rotatable bonds is 6. The second-order valence-electron chi connectivity index (χ2n) is 5.33. The summed E-state index contributed by atoms with van der Waals surface area (Å²) in [5, 5.41) is 19.2. The zero-order valence-electron chi connectivity index (χ0n) is 11.3. The van der Waals surface area contributed by atoms with Gasteiger partial charge in [0.15, 0.2) is 5.41 Å². The van der Waals surface area contributed by atoms with Gasteiger partial charge in [0.25, 0.3) is 0 Å². The van der Waals surface area contributed by atoms with E-state index in [-0.39, 0.29) is 34.9 Å². The average Bonchev–Trinajstić information content (AvgIpc) is 2.35. The Kier molecular flexibility index (Phi) is 7.97. The quantitative estimate of drug-likeness (QED) is 0.579. The van der Waals surface area contributed by atoms with Gasteiger partial charge in [0.1, 0.15) is 0 Å². The van der Waals surface area contributed by atoms with Gasteiger partial charge in [-0.05, 0) is 24.7 Å². The molecule has 0 bridgehead atoms. The first-order valence-corrected chi connectivity index (χ1v) is 6.98. The highest BCUT2D eigenvalue weighted by molar-refractivity contribution is 5.99. The molecule has 0 spiro atoms. The molecule has 19 heavy (non-hydrogen) atoms. The number of carboxylic acids is 2. The summed E-state index contributed by atoms with van der Waals surface area (Å²) in [7, 11) is 0. The summed E-state index contributed by atoms with van der Waals surface area (Å²) in [6.45, 7) is 3.77. The van der Waals surface area contributed by atoms with Crippen molar-refractivity contribution in [3.63, 3.8) is 0 Å². The summed E-state index contributed by atoms with van der Waals surface area (Å²) in [5.41, 5.74) is -1.58. The minimum absolute atomic E-state index is 0. The van der Waals surface area contributed by atoms with Crippen LogP contribution in [0.2, 0.25) is 0 Å². The number of carboxylic acid groups (broad SMARTS) is 2. The van der Waals surface area contributed by atoms with Crippen molar-refractivity contribution in [1.82, 2.24) is 0 Å². The Bertz CT molecular complexity index is 293. The third kappa shape index (κ3) is 3.43. The standard InChI is InChI=1S/C14H24O4.Mg.2H/c1-3-10(4-2)14(12(15)16,13(17)18)11-8-6-5-7-9-11;;;/h10-11H,3-9H2,1-2H3,(H,15,16)(H,17,18);;;. The third-order valence-electron chi connectivity index (χ3n) is 4.59. The van der Waals surface area contributed by atoms with Crippen molar-refractivity contribution < 1.29 is 19.8 Å². The smallest absolute Gasteiger partial charge is 0.321 e. The van der Waals surface area contributed by atoms with E-state index in [1.54, 1.807) is 0 Å². The molecule has 5 heteroatoms. The highest BCUT2D eigenvalue weighted by Crippen LogP contribution is 2.47. The van der Waals surface area contributed by atoms with Crippen LogP contribution in [-0.4, -0.2) is 45.2 Å². The second-order valence-corrected chi connectivity index (χ2v) is 5.33. The van der Waals surface area contributed by atoms with E-state index >= 15 is 0 Å². The fraction of sp³-hybridized carbons (Fsp3) is 0.857. The molecule has 0 saturated heterocycles. The van der Waals surface area contributed by atoms with Gasteiger partial charge in [-0.3, -0.25) is 9.59 Å². The minimum Gasteiger partial charge on any atom is -0.480 e. The minimum atomic E-state index is -1.58. The van der Waals surface area contributed by atoms with E-state index in [0.717, 1.165) is 32.1 Å². The summed E-state index contributed by atoms with van der Waals surface area (Å²) >= 11 is 0. The molecule has 1 saturated carbocycles. The second kappa shape index (κ2) is 8.10. The van der Waals surface area contributed by atoms with Crippen LogP contribution in [0, 0.1) is 17.3 Å². The maximum atomic E-state index is 11.7. The Morgan fingerprint density at radius 2 is 1.47 bits per heavy atom. The zero-order valence-corrected chi connectivity index (χ0v) is 11.3. The van der Waals surface area contributed by atoms with Crippen molar-refractivity contribution in [2.45, 2.75) is 58.8 Å². The number of aliphatic carboxylic acids is 2. The van der Waals surface area contributed by atoms with Gasteiger partial charge >= 0.3 is 35.0 Å². The predicted molar refractivity (Wildman–Crippen MR) is 76.9 cm³/mol. The Labute approximate surface area is 131 Å². The average molecular weight is 283 g/mol. The van der Waals surface area contributed by atoms with Crippen LogP contribution in [0.25, 0.3) is 0 Å². The zero-order chi connectivity index (χ0) is 13.8. The summed E-state index contributed by atoms with van der Waals surface area (Å²) in [5.74, 6) is -2.78. The number of carbonyl (C=O) groups is 2. The van der Waals surface area contributed by atoms with E-state index in [4.69, 9.17) is 0 Å². The highest BCUT2D eigenvalue weighted by Gasteiger charge is 2.56. The Hall–Kier alpha value is -0.294. The first kappa shape index (κ1) is 18.7. The van der Waals surface area contributed by atoms with Gasteiger partial charge in [0.05, 0.1) is 0 Å². The molecular formula is C14H26MgO4. The van der Waals surface area contributed by atoms with Crippen molar-refractivity contribution in [1.29, 1.82) is 0 Å². The van der Waals surface area contributed by atoms with Gasteiger partial charge in [0, 0.05) is 0 Å². The number of hydrogen-bond acceptors (Lipinski definition) is 2. The lowest BCUT2D eigenvalue weighted by atomic mass is 9.60. The molecule has 1 fully saturated rings. The van der Waals surface area contributed by atoms with E-state index in [0.29, 0.717) is 12.8 Å². The van der Waals surface area contributed by atoms with E-state index in [1.807, 2.05) is 13.8 Å². The van der Waals surface area contributed by atoms with E-state index in [9.17, 15) is 19.8 Å². The molecule has 0 unspecified atom stereocenters.